The molecule has 148 valence electrons. The lowest BCUT2D eigenvalue weighted by atomic mass is 10.0. The lowest BCUT2D eigenvalue weighted by Gasteiger charge is -2.12. The molecule has 1 heterocycles. The number of nitro groups is 1. The second-order valence-electron chi connectivity index (χ2n) is 6.12. The van der Waals surface area contributed by atoms with E-state index in [1.54, 1.807) is 13.0 Å². The van der Waals surface area contributed by atoms with Crippen molar-refractivity contribution < 1.29 is 18.4 Å². The van der Waals surface area contributed by atoms with E-state index in [4.69, 9.17) is 10.00 Å². The number of aromatic nitrogens is 2. The third-order valence-corrected chi connectivity index (χ3v) is 4.30. The molecule has 0 aliphatic heterocycles. The molecular weight excluding hydrogens is 384 g/mol. The number of hydrogen-bond donors (Lipinski definition) is 1. The summed E-state index contributed by atoms with van der Waals surface area (Å²) in [7, 11) is 2.92. The van der Waals surface area contributed by atoms with E-state index < -0.39 is 16.6 Å². The number of aryl methyl sites for hydroxylation is 2. The van der Waals surface area contributed by atoms with Crippen LogP contribution in [0, 0.1) is 40.0 Å². The number of anilines is 2. The Labute approximate surface area is 164 Å². The molecule has 0 saturated heterocycles. The summed E-state index contributed by atoms with van der Waals surface area (Å²) in [6.07, 6.45) is 0. The maximum Gasteiger partial charge on any atom is 0.296 e. The van der Waals surface area contributed by atoms with Gasteiger partial charge in [0.05, 0.1) is 46.6 Å². The molecule has 0 spiro atoms. The number of hydrogen-bond acceptors (Lipinski definition) is 6. The number of nitriles is 1. The van der Waals surface area contributed by atoms with Crippen LogP contribution in [0.15, 0.2) is 30.3 Å². The van der Waals surface area contributed by atoms with E-state index in [-0.39, 0.29) is 39.6 Å². The maximum absolute atomic E-state index is 14.6. The second kappa shape index (κ2) is 7.55. The van der Waals surface area contributed by atoms with Gasteiger partial charge in [-0.05, 0) is 31.2 Å². The van der Waals surface area contributed by atoms with E-state index >= 15 is 0 Å². The number of benzene rings is 2. The highest BCUT2D eigenvalue weighted by Crippen LogP contribution is 2.39. The number of ether oxygens (including phenoxy) is 1. The van der Waals surface area contributed by atoms with Crippen LogP contribution in [-0.2, 0) is 7.05 Å². The van der Waals surface area contributed by atoms with Crippen LogP contribution < -0.4 is 10.1 Å². The third kappa shape index (κ3) is 3.58. The standard InChI is InChI=1S/C19H15F2N5O3/c1-10-17(18-13(20)6-11(9-22)7-14(18)21)19(25(2)24-10)23-15-5-4-12(29-3)8-16(15)26(27)28/h4-8,23H,1-3H3. The zero-order valence-corrected chi connectivity index (χ0v) is 15.7. The van der Waals surface area contributed by atoms with Crippen LogP contribution in [0.5, 0.6) is 5.75 Å². The molecule has 8 nitrogen and oxygen atoms in total. The van der Waals surface area contributed by atoms with Gasteiger partial charge in [0.25, 0.3) is 5.69 Å². The summed E-state index contributed by atoms with van der Waals surface area (Å²) >= 11 is 0. The third-order valence-electron chi connectivity index (χ3n) is 4.30. The predicted octanol–water partition coefficient (Wildman–Crippen LogP) is 4.21. The molecule has 29 heavy (non-hydrogen) atoms. The minimum Gasteiger partial charge on any atom is -0.496 e. The van der Waals surface area contributed by atoms with Gasteiger partial charge in [0.15, 0.2) is 0 Å². The molecule has 0 amide bonds. The molecule has 0 radical (unpaired) electrons. The number of rotatable bonds is 5. The molecule has 3 aromatic rings. The molecule has 0 saturated carbocycles. The Morgan fingerprint density at radius 2 is 1.90 bits per heavy atom. The average Bonchev–Trinajstić information content (AvgIpc) is 2.94. The molecule has 10 heteroatoms. The monoisotopic (exact) mass is 399 g/mol. The Morgan fingerprint density at radius 1 is 1.24 bits per heavy atom. The Kier molecular flexibility index (Phi) is 5.14. The maximum atomic E-state index is 14.6. The first-order valence-electron chi connectivity index (χ1n) is 8.29. The van der Waals surface area contributed by atoms with Crippen molar-refractivity contribution >= 4 is 17.2 Å². The van der Waals surface area contributed by atoms with Crippen LogP contribution >= 0.6 is 0 Å². The summed E-state index contributed by atoms with van der Waals surface area (Å²) in [5.74, 6) is -1.44. The Balaban J connectivity index is 2.18. The van der Waals surface area contributed by atoms with Crippen molar-refractivity contribution in [3.8, 4) is 22.9 Å². The minimum atomic E-state index is -0.940. The summed E-state index contributed by atoms with van der Waals surface area (Å²) in [5.41, 5.74) is -0.339. The summed E-state index contributed by atoms with van der Waals surface area (Å²) < 4.78 is 35.6. The first-order chi connectivity index (χ1) is 13.8. The van der Waals surface area contributed by atoms with Gasteiger partial charge in [-0.1, -0.05) is 0 Å². The van der Waals surface area contributed by atoms with Gasteiger partial charge >= 0.3 is 0 Å². The van der Waals surface area contributed by atoms with E-state index in [1.165, 1.54) is 37.0 Å². The van der Waals surface area contributed by atoms with Gasteiger partial charge in [-0.25, -0.2) is 8.78 Å². The van der Waals surface area contributed by atoms with Crippen molar-refractivity contribution in [2.45, 2.75) is 6.92 Å². The topological polar surface area (TPSA) is 106 Å². The molecule has 0 bridgehead atoms. The minimum absolute atomic E-state index is 0.0921. The van der Waals surface area contributed by atoms with Gasteiger partial charge < -0.3 is 10.1 Å². The largest absolute Gasteiger partial charge is 0.496 e. The molecule has 0 aliphatic carbocycles. The second-order valence-corrected chi connectivity index (χ2v) is 6.12. The number of nitrogens with zero attached hydrogens (tertiary/aromatic N) is 4. The lowest BCUT2D eigenvalue weighted by Crippen LogP contribution is -2.04. The van der Waals surface area contributed by atoms with Crippen molar-refractivity contribution in [1.29, 1.82) is 5.26 Å². The van der Waals surface area contributed by atoms with Gasteiger partial charge in [-0.2, -0.15) is 10.4 Å². The van der Waals surface area contributed by atoms with Crippen LogP contribution in [0.1, 0.15) is 11.3 Å². The molecule has 3 rings (SSSR count). The Hall–Kier alpha value is -4.00. The van der Waals surface area contributed by atoms with Crippen molar-refractivity contribution in [2.75, 3.05) is 12.4 Å². The van der Waals surface area contributed by atoms with E-state index in [9.17, 15) is 18.9 Å². The van der Waals surface area contributed by atoms with Gasteiger partial charge in [-0.3, -0.25) is 14.8 Å². The molecule has 0 aliphatic rings. The highest BCUT2D eigenvalue weighted by Gasteiger charge is 2.25. The summed E-state index contributed by atoms with van der Waals surface area (Å²) in [6.45, 7) is 1.56. The smallest absolute Gasteiger partial charge is 0.296 e. The van der Waals surface area contributed by atoms with Gasteiger partial charge in [-0.15, -0.1) is 0 Å². The SMILES string of the molecule is COc1ccc(Nc2c(-c3c(F)cc(C#N)cc3F)c(C)nn2C)c([N+](=O)[O-])c1. The van der Waals surface area contributed by atoms with Crippen LogP contribution in [-0.4, -0.2) is 21.8 Å². The zero-order valence-electron chi connectivity index (χ0n) is 15.7. The van der Waals surface area contributed by atoms with E-state index in [1.807, 2.05) is 0 Å². The molecule has 1 aromatic heterocycles. The van der Waals surface area contributed by atoms with E-state index in [0.717, 1.165) is 12.1 Å². The van der Waals surface area contributed by atoms with Crippen molar-refractivity contribution in [1.82, 2.24) is 9.78 Å². The van der Waals surface area contributed by atoms with Gasteiger partial charge in [0, 0.05) is 7.05 Å². The molecule has 0 fully saturated rings. The summed E-state index contributed by atoms with van der Waals surface area (Å²) in [5, 5.41) is 27.4. The van der Waals surface area contributed by atoms with Crippen molar-refractivity contribution in [3.05, 3.63) is 63.3 Å². The number of halogens is 2. The van der Waals surface area contributed by atoms with Crippen LogP contribution in [0.2, 0.25) is 0 Å². The normalized spacial score (nSPS) is 10.5. The fourth-order valence-corrected chi connectivity index (χ4v) is 3.00. The fraction of sp³-hybridized carbons (Fsp3) is 0.158. The van der Waals surface area contributed by atoms with E-state index in [0.29, 0.717) is 5.69 Å². The molecule has 1 N–H and O–H groups in total. The highest BCUT2D eigenvalue weighted by molar-refractivity contribution is 5.83. The molecule has 0 atom stereocenters. The predicted molar refractivity (Wildman–Crippen MR) is 101 cm³/mol. The van der Waals surface area contributed by atoms with Gasteiger partial charge in [0.1, 0.15) is 28.9 Å². The Morgan fingerprint density at radius 3 is 2.45 bits per heavy atom. The molecular formula is C19H15F2N5O3. The van der Waals surface area contributed by atoms with Crippen LogP contribution in [0.4, 0.5) is 26.0 Å². The number of methoxy groups -OCH3 is 1. The lowest BCUT2D eigenvalue weighted by molar-refractivity contribution is -0.384. The summed E-state index contributed by atoms with van der Waals surface area (Å²) in [6, 6.07) is 7.70. The van der Waals surface area contributed by atoms with Crippen LogP contribution in [0.3, 0.4) is 0 Å². The zero-order chi connectivity index (χ0) is 21.3. The van der Waals surface area contributed by atoms with Crippen LogP contribution in [0.25, 0.3) is 11.1 Å². The van der Waals surface area contributed by atoms with E-state index in [2.05, 4.69) is 10.4 Å². The van der Waals surface area contributed by atoms with Crippen molar-refractivity contribution in [2.24, 2.45) is 7.05 Å². The quantitative estimate of drug-likeness (QED) is 0.509. The van der Waals surface area contributed by atoms with Gasteiger partial charge in [0.2, 0.25) is 0 Å². The average molecular weight is 399 g/mol. The Bertz CT molecular complexity index is 1140. The van der Waals surface area contributed by atoms with Crippen molar-refractivity contribution in [3.63, 3.8) is 0 Å². The number of nitro benzene ring substituents is 1. The fourth-order valence-electron chi connectivity index (χ4n) is 3.00. The molecule has 0 unspecified atom stereocenters. The summed E-state index contributed by atoms with van der Waals surface area (Å²) in [4.78, 5) is 10.8. The number of nitrogens with one attached hydrogen (secondary N) is 1. The first-order valence-corrected chi connectivity index (χ1v) is 8.29. The highest BCUT2D eigenvalue weighted by atomic mass is 19.1. The first kappa shape index (κ1) is 19.8. The molecule has 2 aromatic carbocycles.